The number of amides is 2. The number of methoxy groups -OCH3 is 1. The Bertz CT molecular complexity index is 1330. The summed E-state index contributed by atoms with van der Waals surface area (Å²) in [5.74, 6) is -2.25. The molecule has 2 N–H and O–H groups in total. The Morgan fingerprint density at radius 2 is 1.63 bits per heavy atom. The minimum absolute atomic E-state index is 0.144. The quantitative estimate of drug-likeness (QED) is 0.285. The Hall–Kier alpha value is -2.62. The van der Waals surface area contributed by atoms with Crippen molar-refractivity contribution in [3.05, 3.63) is 38.4 Å². The lowest BCUT2D eigenvalue weighted by molar-refractivity contribution is -0.376. The van der Waals surface area contributed by atoms with Gasteiger partial charge >= 0.3 is 18.3 Å². The predicted octanol–water partition coefficient (Wildman–Crippen LogP) is 5.59. The zero-order chi connectivity index (χ0) is 31.1. The number of ether oxygens (including phenoxy) is 1. The molecule has 0 atom stereocenters. The molecule has 1 aromatic heterocycles. The van der Waals surface area contributed by atoms with E-state index < -0.39 is 63.3 Å². The summed E-state index contributed by atoms with van der Waals surface area (Å²) in [4.78, 5) is 43.1. The van der Waals surface area contributed by atoms with Crippen LogP contribution in [-0.2, 0) is 15.1 Å². The third-order valence-electron chi connectivity index (χ3n) is 6.62. The van der Waals surface area contributed by atoms with Gasteiger partial charge in [-0.25, -0.2) is 4.98 Å². The Balaban J connectivity index is 2.09. The molecule has 0 bridgehead atoms. The molecule has 0 saturated heterocycles. The zero-order valence-corrected chi connectivity index (χ0v) is 23.9. The molecule has 0 spiro atoms. The molecule has 1 saturated carbocycles. The van der Waals surface area contributed by atoms with Crippen molar-refractivity contribution in [2.45, 2.75) is 50.7 Å². The van der Waals surface area contributed by atoms with Crippen LogP contribution in [0.1, 0.15) is 52.5 Å². The second-order valence-corrected chi connectivity index (χ2v) is 10.8. The third kappa shape index (κ3) is 5.99. The maximum absolute atomic E-state index is 13.5. The zero-order valence-electron chi connectivity index (χ0n) is 21.5. The highest BCUT2D eigenvalue weighted by atomic mass is 35.5. The van der Waals surface area contributed by atoms with E-state index in [0.717, 1.165) is 6.07 Å². The minimum atomic E-state index is -6.21. The van der Waals surface area contributed by atoms with Crippen molar-refractivity contribution in [2.24, 2.45) is 5.92 Å². The first-order chi connectivity index (χ1) is 18.9. The fraction of sp³-hybridized carbons (Fsp3) is 0.500. The maximum atomic E-state index is 13.5. The van der Waals surface area contributed by atoms with E-state index in [1.54, 1.807) is 13.8 Å². The largest absolute Gasteiger partial charge is 0.469 e. The third-order valence-corrected chi connectivity index (χ3v) is 8.59. The van der Waals surface area contributed by atoms with Crippen LogP contribution >= 0.6 is 34.5 Å². The number of alkyl halides is 6. The number of thiazole rings is 1. The number of hydrogen-bond donors (Lipinski definition) is 2. The van der Waals surface area contributed by atoms with Gasteiger partial charge < -0.3 is 20.1 Å². The van der Waals surface area contributed by atoms with E-state index in [9.17, 15) is 45.8 Å². The van der Waals surface area contributed by atoms with Crippen molar-refractivity contribution >= 4 is 52.3 Å². The summed E-state index contributed by atoms with van der Waals surface area (Å²) < 4.78 is 85.5. The molecule has 1 aromatic carbocycles. The number of halogens is 8. The first-order valence-corrected chi connectivity index (χ1v) is 13.5. The lowest BCUT2D eigenvalue weighted by Crippen LogP contribution is -2.54. The van der Waals surface area contributed by atoms with Crippen molar-refractivity contribution in [1.82, 2.24) is 15.2 Å². The number of benzene rings is 1. The van der Waals surface area contributed by atoms with E-state index in [0.29, 0.717) is 30.2 Å². The van der Waals surface area contributed by atoms with Crippen molar-refractivity contribution in [3.63, 3.8) is 0 Å². The van der Waals surface area contributed by atoms with E-state index in [1.165, 1.54) is 12.0 Å². The molecular formula is C24H23Cl2F6N3O5S. The van der Waals surface area contributed by atoms with Gasteiger partial charge in [0, 0.05) is 30.3 Å². The predicted molar refractivity (Wildman–Crippen MR) is 137 cm³/mol. The smallest absolute Gasteiger partial charge is 0.430 e. The molecule has 2 aromatic rings. The van der Waals surface area contributed by atoms with Crippen molar-refractivity contribution in [2.75, 3.05) is 20.2 Å². The molecule has 0 aliphatic heterocycles. The first-order valence-electron chi connectivity index (χ1n) is 12.0. The van der Waals surface area contributed by atoms with Gasteiger partial charge in [0.25, 0.3) is 17.4 Å². The lowest BCUT2D eigenvalue weighted by Gasteiger charge is -2.33. The topological polar surface area (TPSA) is 109 Å². The van der Waals surface area contributed by atoms with Crippen molar-refractivity contribution in [1.29, 1.82) is 0 Å². The highest BCUT2D eigenvalue weighted by Gasteiger charge is 2.72. The SMILES string of the molecule is CCN(CC)C(=O)c1nc(C(=O)N[C@H]2C[C@H](C(=O)OC)C2)sc1-c1ccc(C(O)(C(F)(F)F)C(F)(F)F)c(Cl)c1Cl. The van der Waals surface area contributed by atoms with Crippen molar-refractivity contribution < 1.29 is 50.6 Å². The molecule has 41 heavy (non-hydrogen) atoms. The van der Waals surface area contributed by atoms with Gasteiger partial charge in [0.2, 0.25) is 0 Å². The van der Waals surface area contributed by atoms with Gasteiger partial charge in [-0.05, 0) is 26.7 Å². The summed E-state index contributed by atoms with van der Waals surface area (Å²) in [6, 6.07) is 0.630. The Kier molecular flexibility index (Phi) is 9.57. The van der Waals surface area contributed by atoms with Gasteiger partial charge in [-0.15, -0.1) is 11.3 Å². The fourth-order valence-electron chi connectivity index (χ4n) is 4.22. The number of nitrogens with one attached hydrogen (secondary N) is 1. The summed E-state index contributed by atoms with van der Waals surface area (Å²) in [7, 11) is 1.23. The van der Waals surface area contributed by atoms with Crippen LogP contribution in [0.2, 0.25) is 10.0 Å². The normalized spacial score (nSPS) is 17.6. The second kappa shape index (κ2) is 11.9. The van der Waals surface area contributed by atoms with Crippen LogP contribution in [0.5, 0.6) is 0 Å². The van der Waals surface area contributed by atoms with Crippen LogP contribution in [0.3, 0.4) is 0 Å². The highest BCUT2D eigenvalue weighted by molar-refractivity contribution is 7.17. The van der Waals surface area contributed by atoms with E-state index in [4.69, 9.17) is 23.2 Å². The molecule has 226 valence electrons. The van der Waals surface area contributed by atoms with Gasteiger partial charge in [-0.1, -0.05) is 35.3 Å². The van der Waals surface area contributed by atoms with E-state index in [-0.39, 0.29) is 34.2 Å². The Morgan fingerprint density at radius 1 is 1.07 bits per heavy atom. The van der Waals surface area contributed by atoms with Crippen LogP contribution in [0.15, 0.2) is 12.1 Å². The molecule has 0 unspecified atom stereocenters. The highest BCUT2D eigenvalue weighted by Crippen LogP contribution is 2.54. The molecule has 1 heterocycles. The molecule has 8 nitrogen and oxygen atoms in total. The molecule has 1 aliphatic rings. The lowest BCUT2D eigenvalue weighted by atomic mass is 9.80. The molecule has 1 aliphatic carbocycles. The average Bonchev–Trinajstić information content (AvgIpc) is 3.31. The average molecular weight is 650 g/mol. The van der Waals surface area contributed by atoms with Crippen LogP contribution < -0.4 is 5.32 Å². The Labute approximate surface area is 243 Å². The number of hydrogen-bond acceptors (Lipinski definition) is 7. The molecule has 1 fully saturated rings. The second-order valence-electron chi connectivity index (χ2n) is 9.03. The summed E-state index contributed by atoms with van der Waals surface area (Å²) in [5.41, 5.74) is -7.73. The molecular weight excluding hydrogens is 627 g/mol. The molecule has 17 heteroatoms. The summed E-state index contributed by atoms with van der Waals surface area (Å²) in [6.45, 7) is 3.73. The van der Waals surface area contributed by atoms with Gasteiger partial charge in [0.1, 0.15) is 5.69 Å². The molecule has 2 amide bonds. The van der Waals surface area contributed by atoms with Crippen LogP contribution in [0, 0.1) is 5.92 Å². The van der Waals surface area contributed by atoms with Crippen LogP contribution in [0.4, 0.5) is 26.3 Å². The van der Waals surface area contributed by atoms with E-state index >= 15 is 0 Å². The van der Waals surface area contributed by atoms with Gasteiger partial charge in [0.15, 0.2) is 5.01 Å². The summed E-state index contributed by atoms with van der Waals surface area (Å²) in [6.07, 6.45) is -11.8. The van der Waals surface area contributed by atoms with Gasteiger partial charge in [-0.2, -0.15) is 26.3 Å². The van der Waals surface area contributed by atoms with Crippen LogP contribution in [0.25, 0.3) is 10.4 Å². The number of aromatic nitrogens is 1. The summed E-state index contributed by atoms with van der Waals surface area (Å²) >= 11 is 12.7. The number of carbonyl (C=O) groups excluding carboxylic acids is 3. The van der Waals surface area contributed by atoms with Crippen molar-refractivity contribution in [3.8, 4) is 10.4 Å². The standard InChI is InChI=1S/C24H23Cl2F6N3O5S/c1-4-35(5-2)20(37)16-17(41-19(34-16)18(36)33-11-8-10(9-11)21(38)40-3)12-6-7-13(15(26)14(12)25)22(39,23(27,28)29)24(30,31)32/h6-7,10-11,39H,4-5,8-9H2,1-3H3,(H,33,36)/t10-,11-. The van der Waals surface area contributed by atoms with Crippen LogP contribution in [-0.4, -0.2) is 71.4 Å². The van der Waals surface area contributed by atoms with Gasteiger partial charge in [-0.3, -0.25) is 14.4 Å². The van der Waals surface area contributed by atoms with E-state index in [1.807, 2.05) is 0 Å². The van der Waals surface area contributed by atoms with E-state index in [2.05, 4.69) is 15.0 Å². The summed E-state index contributed by atoms with van der Waals surface area (Å²) in [5, 5.41) is 10.1. The minimum Gasteiger partial charge on any atom is -0.469 e. The first kappa shape index (κ1) is 32.9. The number of rotatable bonds is 8. The number of aliphatic hydroxyl groups is 1. The molecule has 3 rings (SSSR count). The fourth-order valence-corrected chi connectivity index (χ4v) is 5.83. The molecule has 0 radical (unpaired) electrons. The number of nitrogens with zero attached hydrogens (tertiary/aromatic N) is 2. The monoisotopic (exact) mass is 649 g/mol. The number of carbonyl (C=O) groups is 3. The van der Waals surface area contributed by atoms with Gasteiger partial charge in [0.05, 0.1) is 28.0 Å². The Morgan fingerprint density at radius 3 is 2.12 bits per heavy atom. The maximum Gasteiger partial charge on any atom is 0.430 e. The number of esters is 1.